The molecule has 1 aliphatic rings. The second-order valence-corrected chi connectivity index (χ2v) is 7.34. The molecule has 2 nitrogen and oxygen atoms in total. The molecule has 2 rings (SSSR count). The topological polar surface area (TPSA) is 15.3 Å². The SMILES string of the molecule is CC(C)C1CN(C(c2cccs2)C(C)C)CCCN1. The summed E-state index contributed by atoms with van der Waals surface area (Å²) in [5.74, 6) is 1.38. The second kappa shape index (κ2) is 6.87. The van der Waals surface area contributed by atoms with Crippen LogP contribution in [0.2, 0.25) is 0 Å². The Morgan fingerprint density at radius 2 is 2.11 bits per heavy atom. The van der Waals surface area contributed by atoms with Crippen LogP contribution in [0, 0.1) is 11.8 Å². The van der Waals surface area contributed by atoms with E-state index in [-0.39, 0.29) is 0 Å². The van der Waals surface area contributed by atoms with Crippen molar-refractivity contribution >= 4 is 11.3 Å². The molecule has 1 aromatic rings. The zero-order chi connectivity index (χ0) is 13.8. The van der Waals surface area contributed by atoms with E-state index in [1.807, 2.05) is 11.3 Å². The van der Waals surface area contributed by atoms with Crippen LogP contribution in [0.25, 0.3) is 0 Å². The summed E-state index contributed by atoms with van der Waals surface area (Å²) in [5.41, 5.74) is 0. The van der Waals surface area contributed by atoms with E-state index < -0.39 is 0 Å². The molecule has 1 aliphatic heterocycles. The van der Waals surface area contributed by atoms with Gasteiger partial charge >= 0.3 is 0 Å². The van der Waals surface area contributed by atoms with E-state index >= 15 is 0 Å². The summed E-state index contributed by atoms with van der Waals surface area (Å²) in [6.45, 7) is 12.9. The standard InChI is InChI=1S/C16H28N2S/c1-12(2)14-11-18(9-6-8-17-14)16(13(3)4)15-7-5-10-19-15/h5,7,10,12-14,16-17H,6,8-9,11H2,1-4H3. The number of nitrogens with one attached hydrogen (secondary N) is 1. The van der Waals surface area contributed by atoms with Crippen molar-refractivity contribution in [2.75, 3.05) is 19.6 Å². The third kappa shape index (κ3) is 3.80. The Morgan fingerprint density at radius 1 is 1.32 bits per heavy atom. The van der Waals surface area contributed by atoms with Gasteiger partial charge in [0.15, 0.2) is 0 Å². The molecule has 1 fully saturated rings. The van der Waals surface area contributed by atoms with Crippen molar-refractivity contribution < 1.29 is 0 Å². The third-order valence-electron chi connectivity index (χ3n) is 4.12. The van der Waals surface area contributed by atoms with E-state index in [0.29, 0.717) is 23.9 Å². The lowest BCUT2D eigenvalue weighted by atomic mass is 9.98. The second-order valence-electron chi connectivity index (χ2n) is 6.36. The average Bonchev–Trinajstić information content (AvgIpc) is 2.73. The smallest absolute Gasteiger partial charge is 0.0465 e. The summed E-state index contributed by atoms with van der Waals surface area (Å²) < 4.78 is 0. The molecule has 1 saturated heterocycles. The minimum absolute atomic E-state index is 0.584. The Labute approximate surface area is 122 Å². The predicted molar refractivity (Wildman–Crippen MR) is 84.7 cm³/mol. The highest BCUT2D eigenvalue weighted by atomic mass is 32.1. The zero-order valence-electron chi connectivity index (χ0n) is 12.7. The fourth-order valence-electron chi connectivity index (χ4n) is 3.07. The normalized spacial score (nSPS) is 23.8. The van der Waals surface area contributed by atoms with Gasteiger partial charge in [-0.15, -0.1) is 11.3 Å². The van der Waals surface area contributed by atoms with Crippen LogP contribution in [-0.4, -0.2) is 30.6 Å². The van der Waals surface area contributed by atoms with Crippen molar-refractivity contribution in [1.82, 2.24) is 10.2 Å². The van der Waals surface area contributed by atoms with Gasteiger partial charge in [0.25, 0.3) is 0 Å². The quantitative estimate of drug-likeness (QED) is 0.903. The zero-order valence-corrected chi connectivity index (χ0v) is 13.5. The van der Waals surface area contributed by atoms with Gasteiger partial charge in [0, 0.05) is 30.1 Å². The summed E-state index contributed by atoms with van der Waals surface area (Å²) in [5, 5.41) is 5.92. The molecule has 19 heavy (non-hydrogen) atoms. The van der Waals surface area contributed by atoms with Crippen LogP contribution in [0.1, 0.15) is 45.0 Å². The van der Waals surface area contributed by atoms with E-state index in [9.17, 15) is 0 Å². The average molecular weight is 280 g/mol. The molecule has 2 heterocycles. The van der Waals surface area contributed by atoms with Crippen molar-refractivity contribution in [2.45, 2.75) is 46.2 Å². The van der Waals surface area contributed by atoms with Gasteiger partial charge in [-0.25, -0.2) is 0 Å². The summed E-state index contributed by atoms with van der Waals surface area (Å²) in [6.07, 6.45) is 1.26. The van der Waals surface area contributed by atoms with Crippen LogP contribution in [0.15, 0.2) is 17.5 Å². The summed E-state index contributed by atoms with van der Waals surface area (Å²) in [6, 6.07) is 5.70. The molecule has 108 valence electrons. The van der Waals surface area contributed by atoms with Gasteiger partial charge in [-0.05, 0) is 36.2 Å². The molecule has 0 saturated carbocycles. The predicted octanol–water partition coefficient (Wildman–Crippen LogP) is 3.77. The lowest BCUT2D eigenvalue weighted by Crippen LogP contribution is -2.43. The van der Waals surface area contributed by atoms with Crippen molar-refractivity contribution in [1.29, 1.82) is 0 Å². The number of hydrogen-bond acceptors (Lipinski definition) is 3. The van der Waals surface area contributed by atoms with Gasteiger partial charge in [-0.1, -0.05) is 33.8 Å². The molecule has 1 aromatic heterocycles. The van der Waals surface area contributed by atoms with Crippen molar-refractivity contribution in [2.24, 2.45) is 11.8 Å². The molecule has 0 radical (unpaired) electrons. The van der Waals surface area contributed by atoms with Crippen LogP contribution in [0.3, 0.4) is 0 Å². The Hall–Kier alpha value is -0.380. The minimum Gasteiger partial charge on any atom is -0.312 e. The molecule has 3 heteroatoms. The number of hydrogen-bond donors (Lipinski definition) is 1. The fraction of sp³-hybridized carbons (Fsp3) is 0.750. The summed E-state index contributed by atoms with van der Waals surface area (Å²) in [4.78, 5) is 4.24. The minimum atomic E-state index is 0.584. The lowest BCUT2D eigenvalue weighted by Gasteiger charge is -2.35. The highest BCUT2D eigenvalue weighted by Crippen LogP contribution is 2.32. The van der Waals surface area contributed by atoms with Gasteiger partial charge in [0.2, 0.25) is 0 Å². The maximum absolute atomic E-state index is 3.71. The van der Waals surface area contributed by atoms with E-state index in [2.05, 4.69) is 55.4 Å². The first kappa shape index (κ1) is 15.0. The van der Waals surface area contributed by atoms with Crippen molar-refractivity contribution in [3.8, 4) is 0 Å². The molecular formula is C16H28N2S. The van der Waals surface area contributed by atoms with Crippen LogP contribution < -0.4 is 5.32 Å². The Bertz CT molecular complexity index is 359. The molecule has 0 amide bonds. The van der Waals surface area contributed by atoms with Crippen molar-refractivity contribution in [3.63, 3.8) is 0 Å². The largest absolute Gasteiger partial charge is 0.312 e. The number of rotatable bonds is 4. The number of thiophene rings is 1. The highest BCUT2D eigenvalue weighted by Gasteiger charge is 2.29. The Morgan fingerprint density at radius 3 is 2.68 bits per heavy atom. The van der Waals surface area contributed by atoms with Gasteiger partial charge in [-0.3, -0.25) is 4.90 Å². The molecule has 0 bridgehead atoms. The first-order valence-electron chi connectivity index (χ1n) is 7.60. The summed E-state index contributed by atoms with van der Waals surface area (Å²) in [7, 11) is 0. The van der Waals surface area contributed by atoms with Crippen LogP contribution in [0.4, 0.5) is 0 Å². The van der Waals surface area contributed by atoms with Gasteiger partial charge in [0.1, 0.15) is 0 Å². The van der Waals surface area contributed by atoms with Crippen LogP contribution in [-0.2, 0) is 0 Å². The van der Waals surface area contributed by atoms with Gasteiger partial charge < -0.3 is 5.32 Å². The Kier molecular flexibility index (Phi) is 5.43. The van der Waals surface area contributed by atoms with E-state index in [1.165, 1.54) is 24.4 Å². The Balaban J connectivity index is 2.16. The van der Waals surface area contributed by atoms with Crippen LogP contribution >= 0.6 is 11.3 Å². The first-order chi connectivity index (χ1) is 9.09. The summed E-state index contributed by atoms with van der Waals surface area (Å²) >= 11 is 1.91. The first-order valence-corrected chi connectivity index (χ1v) is 8.48. The van der Waals surface area contributed by atoms with E-state index in [1.54, 1.807) is 0 Å². The lowest BCUT2D eigenvalue weighted by molar-refractivity contribution is 0.146. The molecule has 0 aliphatic carbocycles. The molecule has 1 N–H and O–H groups in total. The fourth-order valence-corrected chi connectivity index (χ4v) is 4.10. The molecule has 2 unspecified atom stereocenters. The molecule has 2 atom stereocenters. The third-order valence-corrected chi connectivity index (χ3v) is 5.07. The van der Waals surface area contributed by atoms with Crippen molar-refractivity contribution in [3.05, 3.63) is 22.4 Å². The maximum Gasteiger partial charge on any atom is 0.0465 e. The van der Waals surface area contributed by atoms with E-state index in [4.69, 9.17) is 0 Å². The van der Waals surface area contributed by atoms with Gasteiger partial charge in [0.05, 0.1) is 0 Å². The monoisotopic (exact) mass is 280 g/mol. The molecular weight excluding hydrogens is 252 g/mol. The molecule has 0 spiro atoms. The highest BCUT2D eigenvalue weighted by molar-refractivity contribution is 7.10. The van der Waals surface area contributed by atoms with Crippen LogP contribution in [0.5, 0.6) is 0 Å². The number of nitrogens with zero attached hydrogens (tertiary/aromatic N) is 1. The molecule has 0 aromatic carbocycles. The van der Waals surface area contributed by atoms with E-state index in [0.717, 1.165) is 6.54 Å². The maximum atomic E-state index is 3.71. The van der Waals surface area contributed by atoms with Gasteiger partial charge in [-0.2, -0.15) is 0 Å².